The zero-order valence-electron chi connectivity index (χ0n) is 21.2. The largest absolute Gasteiger partial charge is 0.481 e. The second kappa shape index (κ2) is 18.0. The molecule has 21 heteroatoms. The number of hydrogen-bond donors (Lipinski definition) is 13. The highest BCUT2D eigenvalue weighted by Gasteiger charge is 2.33. The van der Waals surface area contributed by atoms with Crippen LogP contribution in [0.1, 0.15) is 12.8 Å². The maximum atomic E-state index is 12.6. The van der Waals surface area contributed by atoms with Gasteiger partial charge in [-0.25, -0.2) is 4.79 Å². The van der Waals surface area contributed by atoms with E-state index in [1.807, 2.05) is 21.3 Å². The molecule has 0 aliphatic carbocycles. The van der Waals surface area contributed by atoms with E-state index in [-0.39, 0.29) is 0 Å². The van der Waals surface area contributed by atoms with Crippen molar-refractivity contribution in [3.05, 3.63) is 0 Å². The summed E-state index contributed by atoms with van der Waals surface area (Å²) in [7, 11) is 0. The summed E-state index contributed by atoms with van der Waals surface area (Å²) in [5.41, 5.74) is 5.35. The third kappa shape index (κ3) is 13.0. The van der Waals surface area contributed by atoms with Crippen molar-refractivity contribution in [3.8, 4) is 0 Å². The summed E-state index contributed by atoms with van der Waals surface area (Å²) in [6, 6.07) is -10.9. The highest BCUT2D eigenvalue weighted by Crippen LogP contribution is 1.99. The fourth-order valence-corrected chi connectivity index (χ4v) is 2.80. The molecular weight excluding hydrogens is 564 g/mol. The first-order chi connectivity index (χ1) is 19.1. The minimum atomic E-state index is -1.98. The summed E-state index contributed by atoms with van der Waals surface area (Å²) in [6.07, 6.45) is -1.94. The minimum Gasteiger partial charge on any atom is -0.481 e. The lowest BCUT2D eigenvalue weighted by Gasteiger charge is -2.25. The number of carbonyl (C=O) groups excluding carboxylic acids is 5. The molecule has 0 bridgehead atoms. The minimum absolute atomic E-state index is 0.819. The maximum absolute atomic E-state index is 12.6. The summed E-state index contributed by atoms with van der Waals surface area (Å²) >= 11 is 0. The average molecular weight is 597 g/mol. The highest BCUT2D eigenvalue weighted by molar-refractivity contribution is 5.97. The van der Waals surface area contributed by atoms with Crippen molar-refractivity contribution in [3.63, 3.8) is 0 Å². The first-order valence-electron chi connectivity index (χ1n) is 11.5. The van der Waals surface area contributed by atoms with Gasteiger partial charge in [-0.15, -0.1) is 0 Å². The van der Waals surface area contributed by atoms with E-state index in [0.717, 1.165) is 0 Å². The Morgan fingerprint density at radius 3 is 1.07 bits per heavy atom. The lowest BCUT2D eigenvalue weighted by molar-refractivity contribution is -0.144. The zero-order valence-corrected chi connectivity index (χ0v) is 21.2. The second-order valence-electron chi connectivity index (χ2n) is 8.18. The summed E-state index contributed by atoms with van der Waals surface area (Å²) in [5.74, 6) is -11.2. The maximum Gasteiger partial charge on any atom is 0.328 e. The molecule has 232 valence electrons. The Labute approximate surface area is 230 Å². The van der Waals surface area contributed by atoms with Crippen molar-refractivity contribution in [2.45, 2.75) is 49.1 Å². The first-order valence-corrected chi connectivity index (χ1v) is 11.5. The standard InChI is InChI=1S/C20H32N6O15/c21-7(1-13(31)32)15(35)23-9(3-27)18(38)25-10(4-28)17(37)22-8(2-14(33)34)16(36)24-11(5-29)19(39)26-12(6-30)20(40)41/h7-12,27-30H,1-6,21H2,(H,22,37)(H,23,35)(H,24,36)(H,25,38)(H,26,39)(H,31,32)(H,33,34)(H,40,41)/t7-,8-,9-,10-,11-,12-/m0/s1. The van der Waals surface area contributed by atoms with Crippen molar-refractivity contribution in [2.24, 2.45) is 5.73 Å². The van der Waals surface area contributed by atoms with Gasteiger partial charge < -0.3 is 68.1 Å². The van der Waals surface area contributed by atoms with E-state index in [1.165, 1.54) is 0 Å². The van der Waals surface area contributed by atoms with Crippen LogP contribution in [0.3, 0.4) is 0 Å². The molecule has 14 N–H and O–H groups in total. The number of rotatable bonds is 19. The summed E-state index contributed by atoms with van der Waals surface area (Å²) in [4.78, 5) is 94.5. The summed E-state index contributed by atoms with van der Waals surface area (Å²) in [5, 5.41) is 73.4. The Morgan fingerprint density at radius 2 is 0.756 bits per heavy atom. The van der Waals surface area contributed by atoms with Crippen LogP contribution in [0.5, 0.6) is 0 Å². The molecule has 0 spiro atoms. The van der Waals surface area contributed by atoms with Gasteiger partial charge in [0.2, 0.25) is 29.5 Å². The molecule has 0 unspecified atom stereocenters. The van der Waals surface area contributed by atoms with Crippen molar-refractivity contribution >= 4 is 47.4 Å². The smallest absolute Gasteiger partial charge is 0.328 e. The normalized spacial score (nSPS) is 15.0. The number of carboxylic acid groups (broad SMARTS) is 3. The predicted octanol–water partition coefficient (Wildman–Crippen LogP) is -8.26. The van der Waals surface area contributed by atoms with Crippen LogP contribution in [0, 0.1) is 0 Å². The van der Waals surface area contributed by atoms with E-state index in [4.69, 9.17) is 26.2 Å². The Kier molecular flexibility index (Phi) is 16.1. The van der Waals surface area contributed by atoms with E-state index in [9.17, 15) is 53.7 Å². The number of aliphatic carboxylic acids is 3. The van der Waals surface area contributed by atoms with Gasteiger partial charge in [-0.2, -0.15) is 0 Å². The third-order valence-electron chi connectivity index (χ3n) is 4.99. The van der Waals surface area contributed by atoms with Crippen LogP contribution in [0.15, 0.2) is 0 Å². The Balaban J connectivity index is 5.52. The van der Waals surface area contributed by atoms with Crippen LogP contribution in [-0.4, -0.2) is 146 Å². The van der Waals surface area contributed by atoms with Gasteiger partial charge in [0.25, 0.3) is 0 Å². The van der Waals surface area contributed by atoms with Crippen molar-refractivity contribution in [1.82, 2.24) is 26.6 Å². The number of carbonyl (C=O) groups is 8. The Morgan fingerprint density at radius 1 is 0.463 bits per heavy atom. The number of amides is 5. The van der Waals surface area contributed by atoms with Crippen LogP contribution >= 0.6 is 0 Å². The molecule has 0 aromatic carbocycles. The summed E-state index contributed by atoms with van der Waals surface area (Å²) in [6.45, 7) is -4.38. The third-order valence-corrected chi connectivity index (χ3v) is 4.99. The lowest BCUT2D eigenvalue weighted by Crippen LogP contribution is -2.61. The number of aliphatic hydroxyl groups is 4. The van der Waals surface area contributed by atoms with E-state index >= 15 is 0 Å². The van der Waals surface area contributed by atoms with Gasteiger partial charge in [-0.05, 0) is 0 Å². The van der Waals surface area contributed by atoms with E-state index in [2.05, 4.69) is 0 Å². The Hall–Kier alpha value is -4.44. The molecule has 0 aromatic heterocycles. The molecule has 0 heterocycles. The van der Waals surface area contributed by atoms with Gasteiger partial charge in [-0.3, -0.25) is 33.6 Å². The SMILES string of the molecule is N[C@@H](CC(=O)O)C(=O)N[C@@H](CO)C(=O)N[C@@H](CO)C(=O)N[C@@H](CC(=O)O)C(=O)N[C@@H](CO)C(=O)N[C@@H](CO)C(=O)O. The molecule has 0 fully saturated rings. The first kappa shape index (κ1) is 36.6. The molecular formula is C20H32N6O15. The molecule has 0 saturated heterocycles. The highest BCUT2D eigenvalue weighted by atomic mass is 16.4. The molecule has 41 heavy (non-hydrogen) atoms. The van der Waals surface area contributed by atoms with Crippen molar-refractivity contribution in [2.75, 3.05) is 26.4 Å². The number of carboxylic acids is 3. The molecule has 0 saturated carbocycles. The van der Waals surface area contributed by atoms with E-state index in [0.29, 0.717) is 0 Å². The number of aliphatic hydroxyl groups excluding tert-OH is 4. The topological polar surface area (TPSA) is 364 Å². The molecule has 0 radical (unpaired) electrons. The molecule has 5 amide bonds. The van der Waals surface area contributed by atoms with Crippen LogP contribution in [0.25, 0.3) is 0 Å². The fourth-order valence-electron chi connectivity index (χ4n) is 2.80. The molecule has 0 aliphatic heterocycles. The van der Waals surface area contributed by atoms with Crippen molar-refractivity contribution in [1.29, 1.82) is 0 Å². The average Bonchev–Trinajstić information content (AvgIpc) is 2.89. The molecule has 21 nitrogen and oxygen atoms in total. The van der Waals surface area contributed by atoms with Gasteiger partial charge in [0.05, 0.1) is 45.3 Å². The van der Waals surface area contributed by atoms with Gasteiger partial charge in [0.1, 0.15) is 30.2 Å². The number of nitrogens with two attached hydrogens (primary N) is 1. The number of nitrogens with one attached hydrogen (secondary N) is 5. The molecule has 0 rings (SSSR count). The van der Waals surface area contributed by atoms with E-state index in [1.54, 1.807) is 5.32 Å². The van der Waals surface area contributed by atoms with Gasteiger partial charge in [-0.1, -0.05) is 0 Å². The molecule has 6 atom stereocenters. The van der Waals surface area contributed by atoms with Gasteiger partial charge in [0.15, 0.2) is 0 Å². The lowest BCUT2D eigenvalue weighted by atomic mass is 10.1. The predicted molar refractivity (Wildman–Crippen MR) is 128 cm³/mol. The van der Waals surface area contributed by atoms with Gasteiger partial charge in [0, 0.05) is 0 Å². The quantitative estimate of drug-likeness (QED) is 0.0658. The van der Waals surface area contributed by atoms with Crippen molar-refractivity contribution < 1.29 is 74.1 Å². The second-order valence-corrected chi connectivity index (χ2v) is 8.18. The summed E-state index contributed by atoms with van der Waals surface area (Å²) < 4.78 is 0. The molecule has 0 aromatic rings. The Bertz CT molecular complexity index is 992. The van der Waals surface area contributed by atoms with Crippen LogP contribution in [0.4, 0.5) is 0 Å². The monoisotopic (exact) mass is 596 g/mol. The molecule has 0 aliphatic rings. The van der Waals surface area contributed by atoms with Gasteiger partial charge >= 0.3 is 17.9 Å². The zero-order chi connectivity index (χ0) is 31.9. The number of hydrogen-bond acceptors (Lipinski definition) is 13. The van der Waals surface area contributed by atoms with Crippen LogP contribution in [0.2, 0.25) is 0 Å². The van der Waals surface area contributed by atoms with E-state index < -0.39 is 123 Å². The fraction of sp³-hybridized carbons (Fsp3) is 0.600. The van der Waals surface area contributed by atoms with Crippen LogP contribution in [-0.2, 0) is 38.4 Å². The van der Waals surface area contributed by atoms with Crippen LogP contribution < -0.4 is 32.3 Å².